The van der Waals surface area contributed by atoms with Crippen molar-refractivity contribution in [1.82, 2.24) is 14.9 Å². The van der Waals surface area contributed by atoms with Gasteiger partial charge in [0.2, 0.25) is 10.6 Å². The standard InChI is InChI=1S/C15H14N4O4S/c20-11-3-1-2-10(4-11)6-17-19-9-16-18-15(19)24-8-12-5-13(21)14(22)7-23-12/h1-5,7,9,17,20,22H,6,8H2. The summed E-state index contributed by atoms with van der Waals surface area (Å²) in [6.45, 7) is 0.480. The molecule has 0 aliphatic heterocycles. The molecule has 3 N–H and O–H groups in total. The molecule has 0 amide bonds. The van der Waals surface area contributed by atoms with Gasteiger partial charge in [-0.1, -0.05) is 23.9 Å². The van der Waals surface area contributed by atoms with Gasteiger partial charge in [0, 0.05) is 6.07 Å². The number of thioether (sulfide) groups is 1. The summed E-state index contributed by atoms with van der Waals surface area (Å²) in [7, 11) is 0. The lowest BCUT2D eigenvalue weighted by molar-refractivity contribution is 0.419. The van der Waals surface area contributed by atoms with Crippen molar-refractivity contribution in [3.05, 3.63) is 64.5 Å². The molecular weight excluding hydrogens is 332 g/mol. The smallest absolute Gasteiger partial charge is 0.226 e. The maximum atomic E-state index is 11.4. The summed E-state index contributed by atoms with van der Waals surface area (Å²) >= 11 is 1.32. The first kappa shape index (κ1) is 15.9. The van der Waals surface area contributed by atoms with Crippen LogP contribution in [0.2, 0.25) is 0 Å². The minimum absolute atomic E-state index is 0.204. The average Bonchev–Trinajstić information content (AvgIpc) is 3.02. The molecule has 0 unspecified atom stereocenters. The molecule has 0 aliphatic rings. The van der Waals surface area contributed by atoms with Crippen LogP contribution in [0.3, 0.4) is 0 Å². The van der Waals surface area contributed by atoms with Crippen molar-refractivity contribution in [3.8, 4) is 11.5 Å². The Hall–Kier alpha value is -2.94. The Labute approximate surface area is 140 Å². The van der Waals surface area contributed by atoms with Crippen LogP contribution in [0.15, 0.2) is 57.3 Å². The Morgan fingerprint density at radius 1 is 1.29 bits per heavy atom. The first-order chi connectivity index (χ1) is 11.6. The zero-order valence-corrected chi connectivity index (χ0v) is 13.2. The van der Waals surface area contributed by atoms with Crippen molar-refractivity contribution in [2.24, 2.45) is 0 Å². The molecule has 1 aromatic carbocycles. The number of nitrogens with zero attached hydrogens (tertiary/aromatic N) is 3. The van der Waals surface area contributed by atoms with Crippen LogP contribution in [0.25, 0.3) is 0 Å². The zero-order chi connectivity index (χ0) is 16.9. The van der Waals surface area contributed by atoms with Gasteiger partial charge in [0.1, 0.15) is 24.1 Å². The van der Waals surface area contributed by atoms with E-state index in [9.17, 15) is 15.0 Å². The predicted molar refractivity (Wildman–Crippen MR) is 87.4 cm³/mol. The second-order valence-corrected chi connectivity index (χ2v) is 5.82. The second-order valence-electron chi connectivity index (χ2n) is 4.87. The van der Waals surface area contributed by atoms with Crippen molar-refractivity contribution in [1.29, 1.82) is 0 Å². The van der Waals surface area contributed by atoms with Crippen LogP contribution in [-0.4, -0.2) is 25.1 Å². The van der Waals surface area contributed by atoms with Crippen molar-refractivity contribution in [2.45, 2.75) is 17.5 Å². The molecule has 0 radical (unpaired) electrons. The van der Waals surface area contributed by atoms with Gasteiger partial charge in [0.05, 0.1) is 12.3 Å². The maximum Gasteiger partial charge on any atom is 0.226 e. The van der Waals surface area contributed by atoms with E-state index in [4.69, 9.17) is 4.42 Å². The van der Waals surface area contributed by atoms with Crippen LogP contribution in [0.1, 0.15) is 11.3 Å². The second kappa shape index (κ2) is 7.09. The van der Waals surface area contributed by atoms with Crippen LogP contribution >= 0.6 is 11.8 Å². The molecule has 0 bridgehead atoms. The number of nitrogens with one attached hydrogen (secondary N) is 1. The third-order valence-corrected chi connectivity index (χ3v) is 4.06. The molecule has 0 saturated carbocycles. The van der Waals surface area contributed by atoms with Crippen molar-refractivity contribution in [2.75, 3.05) is 5.43 Å². The Morgan fingerprint density at radius 3 is 2.96 bits per heavy atom. The number of rotatable bonds is 6. The first-order valence-corrected chi connectivity index (χ1v) is 7.95. The molecule has 0 saturated heterocycles. The van der Waals surface area contributed by atoms with Crippen LogP contribution in [-0.2, 0) is 12.3 Å². The van der Waals surface area contributed by atoms with Crippen LogP contribution in [0.5, 0.6) is 11.5 Å². The lowest BCUT2D eigenvalue weighted by Crippen LogP contribution is -2.14. The number of aromatic nitrogens is 3. The number of benzene rings is 1. The third kappa shape index (κ3) is 3.87. The quantitative estimate of drug-likeness (QED) is 0.578. The summed E-state index contributed by atoms with van der Waals surface area (Å²) in [6.07, 6.45) is 2.54. The fourth-order valence-electron chi connectivity index (χ4n) is 1.93. The van der Waals surface area contributed by atoms with Crippen LogP contribution in [0.4, 0.5) is 0 Å². The van der Waals surface area contributed by atoms with Gasteiger partial charge in [-0.05, 0) is 17.7 Å². The van der Waals surface area contributed by atoms with Gasteiger partial charge in [0.15, 0.2) is 5.75 Å². The Bertz CT molecular complexity index is 893. The number of hydrogen-bond acceptors (Lipinski definition) is 8. The highest BCUT2D eigenvalue weighted by Crippen LogP contribution is 2.20. The normalized spacial score (nSPS) is 10.7. The van der Waals surface area contributed by atoms with E-state index in [1.54, 1.807) is 22.9 Å². The van der Waals surface area contributed by atoms with Crippen molar-refractivity contribution >= 4 is 11.8 Å². The molecule has 3 rings (SSSR count). The van der Waals surface area contributed by atoms with Gasteiger partial charge in [0.25, 0.3) is 0 Å². The number of aromatic hydroxyl groups is 2. The predicted octanol–water partition coefficient (Wildman–Crippen LogP) is 1.68. The van der Waals surface area contributed by atoms with E-state index in [1.165, 1.54) is 24.2 Å². The summed E-state index contributed by atoms with van der Waals surface area (Å²) in [5.74, 6) is 0.571. The van der Waals surface area contributed by atoms with Gasteiger partial charge in [-0.2, -0.15) is 0 Å². The lowest BCUT2D eigenvalue weighted by atomic mass is 10.2. The minimum Gasteiger partial charge on any atom is -0.508 e. The molecule has 8 nitrogen and oxygen atoms in total. The molecular formula is C15H14N4O4S. The highest BCUT2D eigenvalue weighted by Gasteiger charge is 2.08. The zero-order valence-electron chi connectivity index (χ0n) is 12.4. The summed E-state index contributed by atoms with van der Waals surface area (Å²) in [5, 5.41) is 27.1. The van der Waals surface area contributed by atoms with E-state index in [2.05, 4.69) is 15.6 Å². The van der Waals surface area contributed by atoms with E-state index in [0.717, 1.165) is 11.8 Å². The highest BCUT2D eigenvalue weighted by atomic mass is 32.2. The molecule has 124 valence electrons. The number of phenols is 1. The Morgan fingerprint density at radius 2 is 2.17 bits per heavy atom. The monoisotopic (exact) mass is 346 g/mol. The van der Waals surface area contributed by atoms with Gasteiger partial charge in [-0.3, -0.25) is 4.79 Å². The molecule has 0 atom stereocenters. The summed E-state index contributed by atoms with van der Waals surface area (Å²) in [5.41, 5.74) is 3.54. The number of phenolic OH excluding ortho intramolecular Hbond substituents is 1. The van der Waals surface area contributed by atoms with E-state index in [-0.39, 0.29) is 5.75 Å². The third-order valence-electron chi connectivity index (χ3n) is 3.09. The fourth-order valence-corrected chi connectivity index (χ4v) is 2.71. The summed E-state index contributed by atoms with van der Waals surface area (Å²) in [6, 6.07) is 8.16. The molecule has 3 aromatic rings. The maximum absolute atomic E-state index is 11.4. The fraction of sp³-hybridized carbons (Fsp3) is 0.133. The van der Waals surface area contributed by atoms with E-state index < -0.39 is 11.2 Å². The summed E-state index contributed by atoms with van der Waals surface area (Å²) < 4.78 is 6.79. The lowest BCUT2D eigenvalue weighted by Gasteiger charge is -2.09. The molecule has 0 fully saturated rings. The van der Waals surface area contributed by atoms with E-state index in [0.29, 0.717) is 23.2 Å². The Kier molecular flexibility index (Phi) is 4.71. The van der Waals surface area contributed by atoms with Gasteiger partial charge in [-0.15, -0.1) is 10.2 Å². The Balaban J connectivity index is 1.62. The van der Waals surface area contributed by atoms with Gasteiger partial charge in [-0.25, -0.2) is 4.68 Å². The van der Waals surface area contributed by atoms with E-state index >= 15 is 0 Å². The van der Waals surface area contributed by atoms with Crippen LogP contribution in [0, 0.1) is 0 Å². The van der Waals surface area contributed by atoms with Crippen LogP contribution < -0.4 is 10.9 Å². The van der Waals surface area contributed by atoms with E-state index in [1.807, 2.05) is 6.07 Å². The van der Waals surface area contributed by atoms with Crippen molar-refractivity contribution < 1.29 is 14.6 Å². The number of hydrogen-bond donors (Lipinski definition) is 3. The summed E-state index contributed by atoms with van der Waals surface area (Å²) in [4.78, 5) is 11.4. The molecule has 24 heavy (non-hydrogen) atoms. The minimum atomic E-state index is -0.486. The first-order valence-electron chi connectivity index (χ1n) is 6.97. The molecule has 0 aliphatic carbocycles. The average molecular weight is 346 g/mol. The van der Waals surface area contributed by atoms with Gasteiger partial charge < -0.3 is 20.1 Å². The molecule has 2 heterocycles. The topological polar surface area (TPSA) is 113 Å². The SMILES string of the molecule is O=c1cc(CSc2nncn2NCc2cccc(O)c2)occ1O. The molecule has 0 spiro atoms. The largest absolute Gasteiger partial charge is 0.508 e. The molecule has 2 aromatic heterocycles. The molecule has 9 heteroatoms. The highest BCUT2D eigenvalue weighted by molar-refractivity contribution is 7.98. The van der Waals surface area contributed by atoms with Crippen molar-refractivity contribution in [3.63, 3.8) is 0 Å². The van der Waals surface area contributed by atoms with Gasteiger partial charge >= 0.3 is 0 Å².